The lowest BCUT2D eigenvalue weighted by atomic mass is 10.2. The average Bonchev–Trinajstić information content (AvgIpc) is 2.66. The average molecular weight is 468 g/mol. The Morgan fingerprint density at radius 3 is 2.34 bits per heavy atom. The molecule has 3 aromatic rings. The molecule has 0 N–H and O–H groups in total. The topological polar surface area (TPSA) is 64.4 Å². The van der Waals surface area contributed by atoms with Gasteiger partial charge in [-0.15, -0.1) is 0 Å². The Labute approximate surface area is 187 Å². The van der Waals surface area contributed by atoms with Crippen LogP contribution in [0.5, 0.6) is 0 Å². The predicted molar refractivity (Wildman–Crippen MR) is 116 cm³/mol. The van der Waals surface area contributed by atoms with Gasteiger partial charge in [-0.05, 0) is 51.5 Å². The summed E-state index contributed by atoms with van der Waals surface area (Å²) in [7, 11) is 0. The fourth-order valence-corrected chi connectivity index (χ4v) is 3.30. The van der Waals surface area contributed by atoms with E-state index >= 15 is 0 Å². The lowest BCUT2D eigenvalue weighted by molar-refractivity contribution is 0.0577. The number of rotatable bonds is 4. The predicted octanol–water partition coefficient (Wildman–Crippen LogP) is 5.61. The summed E-state index contributed by atoms with van der Waals surface area (Å²) in [6, 6.07) is 4.59. The van der Waals surface area contributed by atoms with E-state index in [9.17, 15) is 22.8 Å². The number of benzene rings is 2. The highest BCUT2D eigenvalue weighted by Gasteiger charge is 2.29. The van der Waals surface area contributed by atoms with Gasteiger partial charge in [-0.2, -0.15) is 0 Å². The third-order valence-corrected chi connectivity index (χ3v) is 4.62. The Balaban J connectivity index is 2.42. The molecule has 6 nitrogen and oxygen atoms in total. The molecule has 170 valence electrons. The number of anilines is 1. The van der Waals surface area contributed by atoms with Gasteiger partial charge in [0.15, 0.2) is 0 Å². The summed E-state index contributed by atoms with van der Waals surface area (Å²) >= 11 is 6.16. The van der Waals surface area contributed by atoms with Crippen molar-refractivity contribution in [3.63, 3.8) is 0 Å². The molecule has 1 aromatic heterocycles. The zero-order chi connectivity index (χ0) is 23.8. The first-order valence-corrected chi connectivity index (χ1v) is 10.2. The molecule has 0 saturated heterocycles. The highest BCUT2D eigenvalue weighted by molar-refractivity contribution is 6.35. The first-order valence-electron chi connectivity index (χ1n) is 9.80. The molecule has 0 spiro atoms. The fourth-order valence-electron chi connectivity index (χ4n) is 3.10. The SMILES string of the molecule is CCCN(C(=O)OC(C)(C)C)c1nc2c(Cl)ccc(F)c2c(=O)n1-c1cc(F)cc(F)c1. The van der Waals surface area contributed by atoms with Gasteiger partial charge in [-0.3, -0.25) is 4.79 Å². The van der Waals surface area contributed by atoms with Crippen molar-refractivity contribution >= 4 is 34.5 Å². The van der Waals surface area contributed by atoms with E-state index < -0.39 is 40.1 Å². The van der Waals surface area contributed by atoms with Crippen molar-refractivity contribution in [3.05, 3.63) is 63.2 Å². The molecule has 0 unspecified atom stereocenters. The molecule has 3 rings (SSSR count). The van der Waals surface area contributed by atoms with Crippen LogP contribution in [-0.2, 0) is 4.74 Å². The summed E-state index contributed by atoms with van der Waals surface area (Å²) in [6.07, 6.45) is -0.412. The molecule has 32 heavy (non-hydrogen) atoms. The van der Waals surface area contributed by atoms with Crippen LogP contribution in [0.4, 0.5) is 23.9 Å². The number of ether oxygens (including phenoxy) is 1. The van der Waals surface area contributed by atoms with Crippen LogP contribution in [0.15, 0.2) is 35.1 Å². The van der Waals surface area contributed by atoms with Gasteiger partial charge in [0.1, 0.15) is 34.0 Å². The number of fused-ring (bicyclic) bond motifs is 1. The number of halogens is 4. The Bertz CT molecular complexity index is 1230. The number of hydrogen-bond acceptors (Lipinski definition) is 4. The molecule has 0 radical (unpaired) electrons. The van der Waals surface area contributed by atoms with E-state index in [0.717, 1.165) is 27.7 Å². The van der Waals surface area contributed by atoms with Gasteiger partial charge in [0.2, 0.25) is 5.95 Å². The second-order valence-corrected chi connectivity index (χ2v) is 8.47. The minimum atomic E-state index is -0.986. The molecule has 1 heterocycles. The summed E-state index contributed by atoms with van der Waals surface area (Å²) in [5.74, 6) is -3.16. The van der Waals surface area contributed by atoms with Crippen LogP contribution < -0.4 is 10.5 Å². The maximum absolute atomic E-state index is 14.6. The number of aromatic nitrogens is 2. The molecule has 0 aliphatic heterocycles. The molecule has 2 aromatic carbocycles. The largest absolute Gasteiger partial charge is 0.443 e. The normalized spacial score (nSPS) is 11.6. The van der Waals surface area contributed by atoms with Crippen LogP contribution in [0.1, 0.15) is 34.1 Å². The third-order valence-electron chi connectivity index (χ3n) is 4.31. The molecule has 0 saturated carbocycles. The minimum absolute atomic E-state index is 0.0297. The van der Waals surface area contributed by atoms with Crippen molar-refractivity contribution in [2.75, 3.05) is 11.4 Å². The van der Waals surface area contributed by atoms with Crippen molar-refractivity contribution in [2.45, 2.75) is 39.7 Å². The Kier molecular flexibility index (Phi) is 6.50. The van der Waals surface area contributed by atoms with Crippen molar-refractivity contribution < 1.29 is 22.7 Å². The lowest BCUT2D eigenvalue weighted by Gasteiger charge is -2.28. The van der Waals surface area contributed by atoms with E-state index in [4.69, 9.17) is 16.3 Å². The molecule has 0 bridgehead atoms. The van der Waals surface area contributed by atoms with Gasteiger partial charge in [-0.1, -0.05) is 18.5 Å². The van der Waals surface area contributed by atoms with Crippen LogP contribution in [0.25, 0.3) is 16.6 Å². The molecular formula is C22H21ClF3N3O3. The van der Waals surface area contributed by atoms with Gasteiger partial charge in [0.05, 0.1) is 10.7 Å². The first kappa shape index (κ1) is 23.6. The van der Waals surface area contributed by atoms with Crippen molar-refractivity contribution in [1.29, 1.82) is 0 Å². The Hall–Kier alpha value is -3.07. The van der Waals surface area contributed by atoms with Gasteiger partial charge in [-0.25, -0.2) is 32.4 Å². The summed E-state index contributed by atoms with van der Waals surface area (Å²) in [5.41, 5.74) is -2.33. The zero-order valence-electron chi connectivity index (χ0n) is 17.9. The van der Waals surface area contributed by atoms with E-state index in [-0.39, 0.29) is 28.7 Å². The number of hydrogen-bond donors (Lipinski definition) is 0. The number of carbonyl (C=O) groups excluding carboxylic acids is 1. The van der Waals surface area contributed by atoms with Crippen LogP contribution in [0.2, 0.25) is 5.02 Å². The van der Waals surface area contributed by atoms with E-state index in [1.54, 1.807) is 27.7 Å². The maximum Gasteiger partial charge on any atom is 0.417 e. The van der Waals surface area contributed by atoms with E-state index in [2.05, 4.69) is 4.98 Å². The third kappa shape index (κ3) is 4.72. The quantitative estimate of drug-likeness (QED) is 0.500. The van der Waals surface area contributed by atoms with E-state index in [1.165, 1.54) is 6.07 Å². The van der Waals surface area contributed by atoms with Gasteiger partial charge >= 0.3 is 6.09 Å². The van der Waals surface area contributed by atoms with Crippen LogP contribution in [0.3, 0.4) is 0 Å². The molecule has 10 heteroatoms. The zero-order valence-corrected chi connectivity index (χ0v) is 18.6. The summed E-state index contributed by atoms with van der Waals surface area (Å²) in [5, 5.41) is -0.510. The van der Waals surface area contributed by atoms with Gasteiger partial charge in [0, 0.05) is 12.6 Å². The molecule has 0 aliphatic carbocycles. The van der Waals surface area contributed by atoms with Crippen LogP contribution in [0, 0.1) is 17.5 Å². The fraction of sp³-hybridized carbons (Fsp3) is 0.318. The molecule has 0 aliphatic rings. The highest BCUT2D eigenvalue weighted by atomic mass is 35.5. The first-order chi connectivity index (χ1) is 14.9. The lowest BCUT2D eigenvalue weighted by Crippen LogP contribution is -2.41. The van der Waals surface area contributed by atoms with Gasteiger partial charge in [0.25, 0.3) is 5.56 Å². The van der Waals surface area contributed by atoms with Crippen LogP contribution in [-0.4, -0.2) is 27.8 Å². The highest BCUT2D eigenvalue weighted by Crippen LogP contribution is 2.27. The minimum Gasteiger partial charge on any atom is -0.443 e. The molecule has 0 fully saturated rings. The van der Waals surface area contributed by atoms with Crippen molar-refractivity contribution in [3.8, 4) is 5.69 Å². The van der Waals surface area contributed by atoms with E-state index in [0.29, 0.717) is 12.5 Å². The van der Waals surface area contributed by atoms with E-state index in [1.807, 2.05) is 0 Å². The van der Waals surface area contributed by atoms with Crippen molar-refractivity contribution in [1.82, 2.24) is 9.55 Å². The second-order valence-electron chi connectivity index (χ2n) is 8.06. The Morgan fingerprint density at radius 2 is 1.78 bits per heavy atom. The Morgan fingerprint density at radius 1 is 1.16 bits per heavy atom. The second kappa shape index (κ2) is 8.82. The summed E-state index contributed by atoms with van der Waals surface area (Å²) in [6.45, 7) is 6.80. The summed E-state index contributed by atoms with van der Waals surface area (Å²) in [4.78, 5) is 31.6. The summed E-state index contributed by atoms with van der Waals surface area (Å²) < 4.78 is 48.8. The van der Waals surface area contributed by atoms with Gasteiger partial charge < -0.3 is 4.74 Å². The maximum atomic E-state index is 14.6. The standard InChI is InChI=1S/C22H21ClF3N3O3/c1-5-8-28(21(31)32-22(2,3)4)20-27-18-15(23)6-7-16(26)17(18)19(30)29(20)14-10-12(24)9-13(25)11-14/h6-7,9-11H,5,8H2,1-4H3. The molecule has 1 amide bonds. The monoisotopic (exact) mass is 467 g/mol. The molecular weight excluding hydrogens is 447 g/mol. The number of nitrogens with zero attached hydrogens (tertiary/aromatic N) is 3. The molecule has 0 atom stereocenters. The number of carbonyl (C=O) groups is 1. The number of amides is 1. The smallest absolute Gasteiger partial charge is 0.417 e. The van der Waals surface area contributed by atoms with Crippen LogP contribution >= 0.6 is 11.6 Å². The van der Waals surface area contributed by atoms with Crippen molar-refractivity contribution in [2.24, 2.45) is 0 Å².